The van der Waals surface area contributed by atoms with Crippen LogP contribution in [0.25, 0.3) is 0 Å². The van der Waals surface area contributed by atoms with E-state index < -0.39 is 12.8 Å². The van der Waals surface area contributed by atoms with Gasteiger partial charge in [0.25, 0.3) is 0 Å². The van der Waals surface area contributed by atoms with Crippen molar-refractivity contribution in [3.05, 3.63) is 11.9 Å². The van der Waals surface area contributed by atoms with E-state index >= 15 is 0 Å². The van der Waals surface area contributed by atoms with E-state index in [1.165, 1.54) is 0 Å². The number of halogens is 3. The van der Waals surface area contributed by atoms with Crippen molar-refractivity contribution in [2.75, 3.05) is 36.9 Å². The maximum atomic E-state index is 11.9. The molecule has 1 aromatic heterocycles. The molecule has 0 bridgehead atoms. The molecule has 5 nitrogen and oxygen atoms in total. The zero-order valence-corrected chi connectivity index (χ0v) is 12.3. The first kappa shape index (κ1) is 17.5. The molecule has 0 saturated heterocycles. The molecule has 0 aromatic carbocycles. The Morgan fingerprint density at radius 3 is 2.24 bits per heavy atom. The highest BCUT2D eigenvalue weighted by Gasteiger charge is 2.27. The molecule has 120 valence electrons. The molecule has 0 saturated carbocycles. The highest BCUT2D eigenvalue weighted by molar-refractivity contribution is 5.47. The van der Waals surface area contributed by atoms with E-state index in [1.54, 1.807) is 6.07 Å². The van der Waals surface area contributed by atoms with Crippen LogP contribution in [0, 0.1) is 0 Å². The fourth-order valence-electron chi connectivity index (χ4n) is 1.53. The van der Waals surface area contributed by atoms with Gasteiger partial charge < -0.3 is 15.4 Å². The fraction of sp³-hybridized carbons (Fsp3) is 0.692. The molecule has 2 N–H and O–H groups in total. The number of hydrogen-bond acceptors (Lipinski definition) is 5. The van der Waals surface area contributed by atoms with Crippen LogP contribution in [-0.2, 0) is 11.2 Å². The Kier molecular flexibility index (Phi) is 7.21. The smallest absolute Gasteiger partial charge is 0.370 e. The van der Waals surface area contributed by atoms with Crippen LogP contribution >= 0.6 is 0 Å². The maximum Gasteiger partial charge on any atom is 0.411 e. The number of aryl methyl sites for hydroxylation is 1. The van der Waals surface area contributed by atoms with Crippen molar-refractivity contribution in [1.29, 1.82) is 0 Å². The summed E-state index contributed by atoms with van der Waals surface area (Å²) in [6.45, 7) is 3.77. The van der Waals surface area contributed by atoms with Gasteiger partial charge in [-0.05, 0) is 6.42 Å². The van der Waals surface area contributed by atoms with Gasteiger partial charge in [-0.1, -0.05) is 13.8 Å². The van der Waals surface area contributed by atoms with Crippen molar-refractivity contribution in [3.63, 3.8) is 0 Å². The normalized spacial score (nSPS) is 11.5. The summed E-state index contributed by atoms with van der Waals surface area (Å²) in [5.41, 5.74) is 0. The average molecular weight is 306 g/mol. The molecule has 0 radical (unpaired) electrons. The first-order valence-corrected chi connectivity index (χ1v) is 6.94. The fourth-order valence-corrected chi connectivity index (χ4v) is 1.53. The Morgan fingerprint density at radius 2 is 1.71 bits per heavy atom. The lowest BCUT2D eigenvalue weighted by molar-refractivity contribution is -0.172. The summed E-state index contributed by atoms with van der Waals surface area (Å²) in [7, 11) is 0. The van der Waals surface area contributed by atoms with Crippen LogP contribution in [0.1, 0.15) is 26.1 Å². The van der Waals surface area contributed by atoms with E-state index in [0.717, 1.165) is 13.0 Å². The molecular formula is C13H21F3N4O. The van der Waals surface area contributed by atoms with E-state index in [9.17, 15) is 13.2 Å². The van der Waals surface area contributed by atoms with Crippen LogP contribution in [0.2, 0.25) is 0 Å². The van der Waals surface area contributed by atoms with Crippen molar-refractivity contribution in [2.24, 2.45) is 0 Å². The van der Waals surface area contributed by atoms with Gasteiger partial charge in [-0.15, -0.1) is 0 Å². The molecule has 1 rings (SSSR count). The Balaban J connectivity index is 2.46. The van der Waals surface area contributed by atoms with Crippen LogP contribution in [0.15, 0.2) is 6.07 Å². The third-order valence-corrected chi connectivity index (χ3v) is 2.46. The zero-order valence-electron chi connectivity index (χ0n) is 12.3. The van der Waals surface area contributed by atoms with Crippen molar-refractivity contribution < 1.29 is 17.9 Å². The third kappa shape index (κ3) is 7.69. The number of alkyl halides is 3. The lowest BCUT2D eigenvalue weighted by atomic mass is 10.4. The van der Waals surface area contributed by atoms with Gasteiger partial charge in [-0.3, -0.25) is 0 Å². The standard InChI is InChI=1S/C13H21F3N4O/c1-3-5-17-11-8-12(20-10(4-2)19-11)18-6-7-21-9-13(14,15)16/h8H,3-7,9H2,1-2H3,(H2,17,18,19,20). The quantitative estimate of drug-likeness (QED) is 0.687. The zero-order chi connectivity index (χ0) is 15.7. The summed E-state index contributed by atoms with van der Waals surface area (Å²) >= 11 is 0. The van der Waals surface area contributed by atoms with Gasteiger partial charge in [0.1, 0.15) is 24.1 Å². The predicted molar refractivity (Wildman–Crippen MR) is 75.6 cm³/mol. The number of nitrogens with zero attached hydrogens (tertiary/aromatic N) is 2. The molecule has 0 atom stereocenters. The third-order valence-electron chi connectivity index (χ3n) is 2.46. The largest absolute Gasteiger partial charge is 0.411 e. The molecular weight excluding hydrogens is 285 g/mol. The lowest BCUT2D eigenvalue weighted by Gasteiger charge is -2.11. The topological polar surface area (TPSA) is 59.1 Å². The van der Waals surface area contributed by atoms with Crippen LogP contribution in [-0.4, -0.2) is 42.4 Å². The maximum absolute atomic E-state index is 11.9. The molecule has 21 heavy (non-hydrogen) atoms. The van der Waals surface area contributed by atoms with Gasteiger partial charge >= 0.3 is 6.18 Å². The first-order valence-electron chi connectivity index (χ1n) is 6.94. The van der Waals surface area contributed by atoms with Gasteiger partial charge in [0.05, 0.1) is 6.61 Å². The van der Waals surface area contributed by atoms with E-state index in [1.807, 2.05) is 13.8 Å². The number of ether oxygens (including phenoxy) is 1. The van der Waals surface area contributed by atoms with Crippen LogP contribution < -0.4 is 10.6 Å². The number of anilines is 2. The van der Waals surface area contributed by atoms with Gasteiger partial charge in [0, 0.05) is 25.6 Å². The van der Waals surface area contributed by atoms with Crippen LogP contribution in [0.4, 0.5) is 24.8 Å². The predicted octanol–water partition coefficient (Wildman–Crippen LogP) is 2.85. The van der Waals surface area contributed by atoms with Crippen LogP contribution in [0.5, 0.6) is 0 Å². The Bertz CT molecular complexity index is 426. The summed E-state index contributed by atoms with van der Waals surface area (Å²) in [6.07, 6.45) is -2.64. The van der Waals surface area contributed by atoms with Crippen LogP contribution in [0.3, 0.4) is 0 Å². The van der Waals surface area contributed by atoms with Gasteiger partial charge in [0.2, 0.25) is 0 Å². The van der Waals surface area contributed by atoms with Crippen molar-refractivity contribution in [3.8, 4) is 0 Å². The van der Waals surface area contributed by atoms with Gasteiger partial charge in [-0.25, -0.2) is 9.97 Å². The molecule has 8 heteroatoms. The molecule has 0 aliphatic carbocycles. The molecule has 0 unspecified atom stereocenters. The summed E-state index contributed by atoms with van der Waals surface area (Å²) in [4.78, 5) is 8.59. The summed E-state index contributed by atoms with van der Waals surface area (Å²) in [6, 6.07) is 1.73. The molecule has 0 aliphatic rings. The van der Waals surface area contributed by atoms with Crippen molar-refractivity contribution in [2.45, 2.75) is 32.9 Å². The minimum absolute atomic E-state index is 0.0390. The Morgan fingerprint density at radius 1 is 1.10 bits per heavy atom. The number of aromatic nitrogens is 2. The van der Waals surface area contributed by atoms with E-state index in [0.29, 0.717) is 23.9 Å². The number of rotatable bonds is 9. The molecule has 1 heterocycles. The van der Waals surface area contributed by atoms with E-state index in [-0.39, 0.29) is 13.2 Å². The second-order valence-corrected chi connectivity index (χ2v) is 4.43. The minimum Gasteiger partial charge on any atom is -0.370 e. The summed E-state index contributed by atoms with van der Waals surface area (Å²) in [5.74, 6) is 1.97. The first-order chi connectivity index (χ1) is 9.94. The lowest BCUT2D eigenvalue weighted by Crippen LogP contribution is -2.20. The highest BCUT2D eigenvalue weighted by Crippen LogP contribution is 2.14. The second-order valence-electron chi connectivity index (χ2n) is 4.43. The number of nitrogens with one attached hydrogen (secondary N) is 2. The second kappa shape index (κ2) is 8.66. The summed E-state index contributed by atoms with van der Waals surface area (Å²) < 4.78 is 40.2. The molecule has 0 aliphatic heterocycles. The van der Waals surface area contributed by atoms with Gasteiger partial charge in [-0.2, -0.15) is 13.2 Å². The molecule has 0 amide bonds. The van der Waals surface area contributed by atoms with Crippen molar-refractivity contribution >= 4 is 11.6 Å². The minimum atomic E-state index is -4.29. The summed E-state index contributed by atoms with van der Waals surface area (Å²) in [5, 5.41) is 6.10. The molecule has 0 spiro atoms. The Labute approximate surface area is 122 Å². The molecule has 1 aromatic rings. The monoisotopic (exact) mass is 306 g/mol. The van der Waals surface area contributed by atoms with Gasteiger partial charge in [0.15, 0.2) is 0 Å². The highest BCUT2D eigenvalue weighted by atomic mass is 19.4. The van der Waals surface area contributed by atoms with E-state index in [4.69, 9.17) is 0 Å². The Hall–Kier alpha value is -1.57. The number of hydrogen-bond donors (Lipinski definition) is 2. The van der Waals surface area contributed by atoms with E-state index in [2.05, 4.69) is 25.3 Å². The SMILES string of the molecule is CCCNc1cc(NCCOCC(F)(F)F)nc(CC)n1. The molecule has 0 fully saturated rings. The van der Waals surface area contributed by atoms with Crippen molar-refractivity contribution in [1.82, 2.24) is 9.97 Å². The average Bonchev–Trinajstić information content (AvgIpc) is 2.43.